The van der Waals surface area contributed by atoms with Gasteiger partial charge in [0.2, 0.25) is 0 Å². The van der Waals surface area contributed by atoms with Crippen molar-refractivity contribution in [2.75, 3.05) is 0 Å². The van der Waals surface area contributed by atoms with Crippen LogP contribution >= 0.6 is 15.9 Å². The Bertz CT molecular complexity index is 1110. The molecule has 6 nitrogen and oxygen atoms in total. The summed E-state index contributed by atoms with van der Waals surface area (Å²) in [6.07, 6.45) is 2.59. The van der Waals surface area contributed by atoms with E-state index in [1.165, 1.54) is 6.33 Å². The van der Waals surface area contributed by atoms with Gasteiger partial charge in [-0.3, -0.25) is 0 Å². The number of carbonyl (C=O) groups excluding carboxylic acids is 1. The van der Waals surface area contributed by atoms with Gasteiger partial charge in [0, 0.05) is 22.8 Å². The van der Waals surface area contributed by atoms with E-state index in [1.54, 1.807) is 17.1 Å². The fraction of sp³-hybridized carbons (Fsp3) is 0.136. The number of benzene rings is 2. The first kappa shape index (κ1) is 19.1. The second-order valence-electron chi connectivity index (χ2n) is 6.56. The first-order chi connectivity index (χ1) is 14.1. The summed E-state index contributed by atoms with van der Waals surface area (Å²) in [5, 5.41) is 4.14. The summed E-state index contributed by atoms with van der Waals surface area (Å²) in [4.78, 5) is 17.0. The number of aromatic nitrogens is 4. The molecule has 29 heavy (non-hydrogen) atoms. The molecule has 4 aromatic rings. The maximum Gasteiger partial charge on any atom is 0.355 e. The van der Waals surface area contributed by atoms with Crippen LogP contribution in [0.15, 0.2) is 83.9 Å². The third kappa shape index (κ3) is 4.14. The Kier molecular flexibility index (Phi) is 5.57. The van der Waals surface area contributed by atoms with E-state index in [-0.39, 0.29) is 5.97 Å². The Hall–Kier alpha value is -3.19. The summed E-state index contributed by atoms with van der Waals surface area (Å²) < 4.78 is 10.4. The normalized spacial score (nSPS) is 11.9. The first-order valence-corrected chi connectivity index (χ1v) is 9.92. The highest BCUT2D eigenvalue weighted by atomic mass is 79.9. The van der Waals surface area contributed by atoms with Crippen LogP contribution in [-0.4, -0.2) is 25.3 Å². The van der Waals surface area contributed by atoms with Gasteiger partial charge in [0.15, 0.2) is 0 Å². The number of hydrogen-bond donors (Lipinski definition) is 0. The molecule has 0 bridgehead atoms. The smallest absolute Gasteiger partial charge is 0.355 e. The zero-order chi connectivity index (χ0) is 20.2. The van der Waals surface area contributed by atoms with Crippen molar-refractivity contribution in [3.05, 3.63) is 95.1 Å². The Labute approximate surface area is 176 Å². The average molecular weight is 451 g/mol. The van der Waals surface area contributed by atoms with E-state index in [1.807, 2.05) is 72.3 Å². The van der Waals surface area contributed by atoms with Gasteiger partial charge >= 0.3 is 5.97 Å². The molecule has 0 radical (unpaired) electrons. The fourth-order valence-electron chi connectivity index (χ4n) is 3.22. The third-order valence-electron chi connectivity index (χ3n) is 4.72. The largest absolute Gasteiger partial charge is 0.451 e. The standard InChI is InChI=1S/C22H19BrN4O2/c1-26-19(17-9-5-6-10-18(17)23)11-12-20(26)22(28)29-21(13-27-15-24-14-25-27)16-7-3-2-4-8-16/h2-12,14-15,21H,13H2,1H3. The van der Waals surface area contributed by atoms with Crippen molar-refractivity contribution >= 4 is 21.9 Å². The van der Waals surface area contributed by atoms with Crippen LogP contribution in [0.1, 0.15) is 22.2 Å². The molecule has 146 valence electrons. The summed E-state index contributed by atoms with van der Waals surface area (Å²) >= 11 is 3.57. The molecule has 2 aromatic heterocycles. The van der Waals surface area contributed by atoms with Crippen LogP contribution in [0.3, 0.4) is 0 Å². The number of halogens is 1. The third-order valence-corrected chi connectivity index (χ3v) is 5.41. The van der Waals surface area contributed by atoms with Gasteiger partial charge < -0.3 is 9.30 Å². The van der Waals surface area contributed by atoms with Crippen molar-refractivity contribution in [3.8, 4) is 11.3 Å². The summed E-state index contributed by atoms with van der Waals surface area (Å²) in [7, 11) is 1.86. The molecule has 0 amide bonds. The SMILES string of the molecule is Cn1c(C(=O)OC(Cn2cncn2)c2ccccc2)ccc1-c1ccccc1Br. The van der Waals surface area contributed by atoms with Crippen LogP contribution in [0.4, 0.5) is 0 Å². The van der Waals surface area contributed by atoms with Crippen molar-refractivity contribution in [3.63, 3.8) is 0 Å². The molecular formula is C22H19BrN4O2. The van der Waals surface area contributed by atoms with Gasteiger partial charge in [0.25, 0.3) is 0 Å². The van der Waals surface area contributed by atoms with Crippen LogP contribution in [0, 0.1) is 0 Å². The predicted octanol–water partition coefficient (Wildman–Crippen LogP) is 4.64. The molecule has 0 N–H and O–H groups in total. The Morgan fingerprint density at radius 1 is 1.07 bits per heavy atom. The molecule has 2 aromatic carbocycles. The summed E-state index contributed by atoms with van der Waals surface area (Å²) in [5.74, 6) is -0.389. The van der Waals surface area contributed by atoms with Gasteiger partial charge in [-0.15, -0.1) is 0 Å². The molecule has 0 aliphatic rings. The van der Waals surface area contributed by atoms with Crippen molar-refractivity contribution < 1.29 is 9.53 Å². The van der Waals surface area contributed by atoms with Gasteiger partial charge in [-0.05, 0) is 23.8 Å². The monoisotopic (exact) mass is 450 g/mol. The molecule has 0 saturated heterocycles. The van der Waals surface area contributed by atoms with Crippen LogP contribution in [0.2, 0.25) is 0 Å². The molecule has 7 heteroatoms. The molecule has 0 fully saturated rings. The fourth-order valence-corrected chi connectivity index (χ4v) is 3.71. The number of ether oxygens (including phenoxy) is 1. The highest BCUT2D eigenvalue weighted by Gasteiger charge is 2.22. The maximum atomic E-state index is 13.0. The summed E-state index contributed by atoms with van der Waals surface area (Å²) in [6, 6.07) is 21.3. The summed E-state index contributed by atoms with van der Waals surface area (Å²) in [6.45, 7) is 0.386. The van der Waals surface area contributed by atoms with E-state index < -0.39 is 6.10 Å². The van der Waals surface area contributed by atoms with Crippen LogP contribution in [-0.2, 0) is 18.3 Å². The van der Waals surface area contributed by atoms with Gasteiger partial charge in [0.05, 0.1) is 6.54 Å². The first-order valence-electron chi connectivity index (χ1n) is 9.12. The highest BCUT2D eigenvalue weighted by Crippen LogP contribution is 2.30. The number of hydrogen-bond acceptors (Lipinski definition) is 4. The van der Waals surface area contributed by atoms with Crippen molar-refractivity contribution in [2.24, 2.45) is 7.05 Å². The topological polar surface area (TPSA) is 61.9 Å². The lowest BCUT2D eigenvalue weighted by molar-refractivity contribution is 0.0236. The molecular weight excluding hydrogens is 432 g/mol. The maximum absolute atomic E-state index is 13.0. The quantitative estimate of drug-likeness (QED) is 0.401. The van der Waals surface area contributed by atoms with E-state index in [9.17, 15) is 4.79 Å². The molecule has 0 saturated carbocycles. The highest BCUT2D eigenvalue weighted by molar-refractivity contribution is 9.10. The lowest BCUT2D eigenvalue weighted by Gasteiger charge is -2.19. The number of esters is 1. The van der Waals surface area contributed by atoms with Gasteiger partial charge in [-0.2, -0.15) is 5.10 Å². The molecule has 0 aliphatic carbocycles. The number of rotatable bonds is 6. The Morgan fingerprint density at radius 3 is 2.55 bits per heavy atom. The molecule has 1 unspecified atom stereocenters. The predicted molar refractivity (Wildman–Crippen MR) is 113 cm³/mol. The molecule has 1 atom stereocenters. The zero-order valence-electron chi connectivity index (χ0n) is 15.8. The lowest BCUT2D eigenvalue weighted by Crippen LogP contribution is -2.19. The summed E-state index contributed by atoms with van der Waals surface area (Å²) in [5.41, 5.74) is 3.32. The van der Waals surface area contributed by atoms with Crippen LogP contribution < -0.4 is 0 Å². The second-order valence-corrected chi connectivity index (χ2v) is 7.42. The minimum atomic E-state index is -0.479. The van der Waals surface area contributed by atoms with Crippen LogP contribution in [0.5, 0.6) is 0 Å². The van der Waals surface area contributed by atoms with Crippen molar-refractivity contribution in [1.82, 2.24) is 19.3 Å². The molecule has 0 spiro atoms. The van der Waals surface area contributed by atoms with E-state index >= 15 is 0 Å². The minimum Gasteiger partial charge on any atom is -0.451 e. The Balaban J connectivity index is 1.61. The average Bonchev–Trinajstić information content (AvgIpc) is 3.38. The molecule has 2 heterocycles. The molecule has 4 rings (SSSR count). The van der Waals surface area contributed by atoms with E-state index in [0.717, 1.165) is 21.3 Å². The van der Waals surface area contributed by atoms with E-state index in [2.05, 4.69) is 26.0 Å². The second kappa shape index (κ2) is 8.45. The number of nitrogens with zero attached hydrogens (tertiary/aromatic N) is 4. The van der Waals surface area contributed by atoms with Crippen molar-refractivity contribution in [1.29, 1.82) is 0 Å². The number of carbonyl (C=O) groups is 1. The Morgan fingerprint density at radius 2 is 1.83 bits per heavy atom. The van der Waals surface area contributed by atoms with Gasteiger partial charge in [-0.25, -0.2) is 14.5 Å². The van der Waals surface area contributed by atoms with Gasteiger partial charge in [0.1, 0.15) is 24.5 Å². The van der Waals surface area contributed by atoms with Gasteiger partial charge in [-0.1, -0.05) is 64.5 Å². The zero-order valence-corrected chi connectivity index (χ0v) is 17.4. The minimum absolute atomic E-state index is 0.386. The molecule has 0 aliphatic heterocycles. The lowest BCUT2D eigenvalue weighted by atomic mass is 10.1. The van der Waals surface area contributed by atoms with Crippen LogP contribution in [0.25, 0.3) is 11.3 Å². The van der Waals surface area contributed by atoms with Crippen molar-refractivity contribution in [2.45, 2.75) is 12.6 Å². The van der Waals surface area contributed by atoms with E-state index in [4.69, 9.17) is 4.74 Å². The van der Waals surface area contributed by atoms with E-state index in [0.29, 0.717) is 12.2 Å².